The lowest BCUT2D eigenvalue weighted by Gasteiger charge is -2.31. The van der Waals surface area contributed by atoms with Gasteiger partial charge in [-0.15, -0.1) is 0 Å². The molecule has 7 heteroatoms. The van der Waals surface area contributed by atoms with Gasteiger partial charge in [-0.25, -0.2) is 9.59 Å². The van der Waals surface area contributed by atoms with Crippen molar-refractivity contribution in [2.45, 2.75) is 38.6 Å². The van der Waals surface area contributed by atoms with Gasteiger partial charge >= 0.3 is 12.0 Å². The Balaban J connectivity index is 2.56. The van der Waals surface area contributed by atoms with E-state index in [0.717, 1.165) is 0 Å². The van der Waals surface area contributed by atoms with Crippen LogP contribution in [0.3, 0.4) is 0 Å². The summed E-state index contributed by atoms with van der Waals surface area (Å²) in [7, 11) is 0. The molecule has 1 aliphatic rings. The number of hydrogen-bond donors (Lipinski definition) is 3. The van der Waals surface area contributed by atoms with Crippen molar-refractivity contribution >= 4 is 17.9 Å². The average molecular weight is 271 g/mol. The van der Waals surface area contributed by atoms with E-state index in [1.54, 1.807) is 0 Å². The summed E-state index contributed by atoms with van der Waals surface area (Å²) in [5.41, 5.74) is 5.19. The van der Waals surface area contributed by atoms with Crippen molar-refractivity contribution in [1.82, 2.24) is 10.2 Å². The van der Waals surface area contributed by atoms with Gasteiger partial charge in [-0.2, -0.15) is 0 Å². The Morgan fingerprint density at radius 3 is 2.68 bits per heavy atom. The van der Waals surface area contributed by atoms with Crippen molar-refractivity contribution in [3.63, 3.8) is 0 Å². The van der Waals surface area contributed by atoms with Crippen LogP contribution >= 0.6 is 0 Å². The fraction of sp³-hybridized carbons (Fsp3) is 0.750. The smallest absolute Gasteiger partial charge is 0.326 e. The minimum atomic E-state index is -1.03. The highest BCUT2D eigenvalue weighted by molar-refractivity contribution is 5.85. The van der Waals surface area contributed by atoms with E-state index in [2.05, 4.69) is 5.32 Å². The number of nitrogens with two attached hydrogens (primary N) is 1. The fourth-order valence-electron chi connectivity index (χ4n) is 2.23. The number of carboxylic acid groups (broad SMARTS) is 1. The van der Waals surface area contributed by atoms with Gasteiger partial charge < -0.3 is 21.1 Å². The molecule has 3 amide bonds. The Labute approximate surface area is 112 Å². The third-order valence-electron chi connectivity index (χ3n) is 3.30. The van der Waals surface area contributed by atoms with E-state index in [0.29, 0.717) is 32.2 Å². The van der Waals surface area contributed by atoms with E-state index in [4.69, 9.17) is 10.8 Å². The highest BCUT2D eigenvalue weighted by Crippen LogP contribution is 2.16. The number of carboxylic acids is 1. The molecule has 1 rings (SSSR count). The lowest BCUT2D eigenvalue weighted by molar-refractivity contribution is -0.143. The Kier molecular flexibility index (Phi) is 5.59. The number of likely N-dealkylation sites (tertiary alicyclic amines) is 1. The number of rotatable bonds is 5. The van der Waals surface area contributed by atoms with Crippen molar-refractivity contribution in [1.29, 1.82) is 0 Å². The van der Waals surface area contributed by atoms with Crippen LogP contribution in [0.25, 0.3) is 0 Å². The minimum absolute atomic E-state index is 0.264. The van der Waals surface area contributed by atoms with Gasteiger partial charge in [0.25, 0.3) is 0 Å². The van der Waals surface area contributed by atoms with Crippen LogP contribution in [-0.4, -0.2) is 47.0 Å². The first kappa shape index (κ1) is 15.3. The van der Waals surface area contributed by atoms with Crippen LogP contribution in [0.15, 0.2) is 0 Å². The SMILES string of the molecule is CCC[C@@H](NC(=O)C1CCCN(C(N)=O)C1)C(=O)O. The molecule has 0 aromatic heterocycles. The third kappa shape index (κ3) is 4.42. The summed E-state index contributed by atoms with van der Waals surface area (Å²) in [4.78, 5) is 35.5. The molecule has 1 unspecified atom stereocenters. The molecule has 0 aromatic carbocycles. The molecule has 0 aliphatic carbocycles. The highest BCUT2D eigenvalue weighted by Gasteiger charge is 2.29. The van der Waals surface area contributed by atoms with Gasteiger partial charge in [-0.05, 0) is 19.3 Å². The lowest BCUT2D eigenvalue weighted by Crippen LogP contribution is -2.50. The predicted molar refractivity (Wildman–Crippen MR) is 68.4 cm³/mol. The first-order valence-corrected chi connectivity index (χ1v) is 6.53. The van der Waals surface area contributed by atoms with E-state index in [9.17, 15) is 14.4 Å². The summed E-state index contributed by atoms with van der Waals surface area (Å²) >= 11 is 0. The van der Waals surface area contributed by atoms with E-state index >= 15 is 0 Å². The minimum Gasteiger partial charge on any atom is -0.480 e. The molecule has 4 N–H and O–H groups in total. The lowest BCUT2D eigenvalue weighted by atomic mass is 9.96. The summed E-state index contributed by atoms with van der Waals surface area (Å²) in [6.45, 7) is 2.67. The standard InChI is InChI=1S/C12H21N3O4/c1-2-4-9(11(17)18)14-10(16)8-5-3-6-15(7-8)12(13)19/h8-9H,2-7H2,1H3,(H2,13,19)(H,14,16)(H,17,18)/t8?,9-/m1/s1. The molecule has 0 aromatic rings. The fourth-order valence-corrected chi connectivity index (χ4v) is 2.23. The topological polar surface area (TPSA) is 113 Å². The zero-order valence-corrected chi connectivity index (χ0v) is 11.1. The van der Waals surface area contributed by atoms with Crippen LogP contribution in [0.2, 0.25) is 0 Å². The zero-order valence-electron chi connectivity index (χ0n) is 11.1. The Morgan fingerprint density at radius 1 is 1.47 bits per heavy atom. The van der Waals surface area contributed by atoms with E-state index in [1.165, 1.54) is 4.90 Å². The number of urea groups is 1. The Morgan fingerprint density at radius 2 is 2.16 bits per heavy atom. The van der Waals surface area contributed by atoms with Gasteiger partial charge in [0, 0.05) is 13.1 Å². The quantitative estimate of drug-likeness (QED) is 0.660. The number of carbonyl (C=O) groups is 3. The van der Waals surface area contributed by atoms with Crippen LogP contribution in [0.1, 0.15) is 32.6 Å². The highest BCUT2D eigenvalue weighted by atomic mass is 16.4. The van der Waals surface area contributed by atoms with Gasteiger partial charge in [-0.1, -0.05) is 13.3 Å². The Hall–Kier alpha value is -1.79. The second-order valence-electron chi connectivity index (χ2n) is 4.81. The molecular weight excluding hydrogens is 250 g/mol. The maximum atomic E-state index is 12.0. The second-order valence-corrected chi connectivity index (χ2v) is 4.81. The number of aliphatic carboxylic acids is 1. The molecule has 7 nitrogen and oxygen atoms in total. The largest absolute Gasteiger partial charge is 0.480 e. The zero-order chi connectivity index (χ0) is 14.4. The van der Waals surface area contributed by atoms with Crippen LogP contribution in [0.5, 0.6) is 0 Å². The van der Waals surface area contributed by atoms with E-state index in [1.807, 2.05) is 6.92 Å². The number of amides is 3. The molecule has 0 saturated carbocycles. The number of carbonyl (C=O) groups excluding carboxylic acids is 2. The van der Waals surface area contributed by atoms with Crippen LogP contribution < -0.4 is 11.1 Å². The maximum Gasteiger partial charge on any atom is 0.326 e. The predicted octanol–water partition coefficient (Wildman–Crippen LogP) is 0.147. The molecule has 1 fully saturated rings. The molecule has 0 radical (unpaired) electrons. The number of nitrogens with zero attached hydrogens (tertiary/aromatic N) is 1. The normalized spacial score (nSPS) is 20.7. The molecule has 19 heavy (non-hydrogen) atoms. The van der Waals surface area contributed by atoms with Crippen molar-refractivity contribution in [3.8, 4) is 0 Å². The van der Waals surface area contributed by atoms with Crippen LogP contribution in [0, 0.1) is 5.92 Å². The van der Waals surface area contributed by atoms with Crippen molar-refractivity contribution in [2.75, 3.05) is 13.1 Å². The number of hydrogen-bond acceptors (Lipinski definition) is 3. The monoisotopic (exact) mass is 271 g/mol. The average Bonchev–Trinajstić information content (AvgIpc) is 2.38. The molecular formula is C12H21N3O4. The summed E-state index contributed by atoms with van der Waals surface area (Å²) < 4.78 is 0. The first-order chi connectivity index (χ1) is 8.95. The second kappa shape index (κ2) is 6.96. The molecule has 1 heterocycles. The van der Waals surface area contributed by atoms with Gasteiger partial charge in [0.15, 0.2) is 0 Å². The van der Waals surface area contributed by atoms with E-state index < -0.39 is 18.0 Å². The van der Waals surface area contributed by atoms with Gasteiger partial charge in [0.2, 0.25) is 5.91 Å². The summed E-state index contributed by atoms with van der Waals surface area (Å²) in [5, 5.41) is 11.5. The summed E-state index contributed by atoms with van der Waals surface area (Å²) in [6, 6.07) is -1.40. The van der Waals surface area contributed by atoms with Crippen molar-refractivity contribution < 1.29 is 19.5 Å². The number of primary amides is 1. The molecule has 0 bridgehead atoms. The molecule has 108 valence electrons. The molecule has 1 aliphatic heterocycles. The van der Waals surface area contributed by atoms with Crippen LogP contribution in [-0.2, 0) is 9.59 Å². The van der Waals surface area contributed by atoms with E-state index in [-0.39, 0.29) is 18.4 Å². The Bertz CT molecular complexity index is 359. The summed E-state index contributed by atoms with van der Waals surface area (Å²) in [6.07, 6.45) is 2.42. The molecule has 1 saturated heterocycles. The molecule has 0 spiro atoms. The van der Waals surface area contributed by atoms with Crippen molar-refractivity contribution in [3.05, 3.63) is 0 Å². The van der Waals surface area contributed by atoms with Gasteiger partial charge in [0.05, 0.1) is 5.92 Å². The van der Waals surface area contributed by atoms with Crippen molar-refractivity contribution in [2.24, 2.45) is 11.7 Å². The third-order valence-corrected chi connectivity index (χ3v) is 3.30. The number of nitrogens with one attached hydrogen (secondary N) is 1. The number of piperidine rings is 1. The summed E-state index contributed by atoms with van der Waals surface area (Å²) in [5.74, 6) is -1.72. The van der Waals surface area contributed by atoms with Crippen LogP contribution in [0.4, 0.5) is 4.79 Å². The molecule has 2 atom stereocenters. The first-order valence-electron chi connectivity index (χ1n) is 6.53. The van der Waals surface area contributed by atoms with Gasteiger partial charge in [-0.3, -0.25) is 4.79 Å². The maximum absolute atomic E-state index is 12.0. The van der Waals surface area contributed by atoms with Gasteiger partial charge in [0.1, 0.15) is 6.04 Å².